The maximum Gasteiger partial charge on any atom is 0.119 e. The molecule has 0 radical (unpaired) electrons. The summed E-state index contributed by atoms with van der Waals surface area (Å²) in [7, 11) is 1.76. The van der Waals surface area contributed by atoms with Crippen LogP contribution in [0.2, 0.25) is 0 Å². The predicted octanol–water partition coefficient (Wildman–Crippen LogP) is 4.07. The molecule has 2 fully saturated rings. The molecule has 5 heteroatoms. The molecule has 0 spiro atoms. The molecule has 0 amide bonds. The van der Waals surface area contributed by atoms with Gasteiger partial charge in [0.25, 0.3) is 0 Å². The highest BCUT2D eigenvalue weighted by atomic mass is 35.5. The molecule has 1 heterocycles. The van der Waals surface area contributed by atoms with Gasteiger partial charge in [-0.1, -0.05) is 31.4 Å². The van der Waals surface area contributed by atoms with E-state index in [0.29, 0.717) is 6.04 Å². The van der Waals surface area contributed by atoms with Crippen LogP contribution in [0.3, 0.4) is 0 Å². The lowest BCUT2D eigenvalue weighted by molar-refractivity contribution is 0.103. The van der Waals surface area contributed by atoms with Crippen molar-refractivity contribution in [2.45, 2.75) is 38.1 Å². The van der Waals surface area contributed by atoms with E-state index in [9.17, 15) is 0 Å². The second kappa shape index (κ2) is 10.4. The Bertz CT molecular complexity index is 428. The molecule has 1 aromatic carbocycles. The number of hydrogen-bond acceptors (Lipinski definition) is 3. The van der Waals surface area contributed by atoms with E-state index in [1.165, 1.54) is 50.8 Å². The van der Waals surface area contributed by atoms with Gasteiger partial charge < -0.3 is 10.1 Å². The fourth-order valence-electron chi connectivity index (χ4n) is 4.02. The second-order valence-corrected chi connectivity index (χ2v) is 6.41. The fraction of sp³-hybridized carbons (Fsp3) is 0.667. The third kappa shape index (κ3) is 5.25. The number of ether oxygens (including phenoxy) is 1. The van der Waals surface area contributed by atoms with E-state index in [2.05, 4.69) is 34.5 Å². The Morgan fingerprint density at radius 1 is 1.09 bits per heavy atom. The topological polar surface area (TPSA) is 24.5 Å². The standard InChI is InChI=1S/C18H28N2O.2ClH/c1-21-17-9-5-8-16(14-17)18(15-6-3-2-4-7-15)20-12-10-19-11-13-20;;/h5,8-9,14-15,18-19H,2-4,6-7,10-13H2,1H3;2*1H/t18-;;/m0../s1. The van der Waals surface area contributed by atoms with Crippen molar-refractivity contribution in [2.24, 2.45) is 5.92 Å². The highest BCUT2D eigenvalue weighted by Gasteiger charge is 2.30. The summed E-state index contributed by atoms with van der Waals surface area (Å²) < 4.78 is 5.45. The Hall–Kier alpha value is -0.480. The lowest BCUT2D eigenvalue weighted by Gasteiger charge is -2.41. The second-order valence-electron chi connectivity index (χ2n) is 6.41. The van der Waals surface area contributed by atoms with Crippen molar-refractivity contribution in [1.29, 1.82) is 0 Å². The van der Waals surface area contributed by atoms with Crippen LogP contribution in [0.25, 0.3) is 0 Å². The molecule has 1 aromatic rings. The fourth-order valence-corrected chi connectivity index (χ4v) is 4.02. The van der Waals surface area contributed by atoms with Crippen molar-refractivity contribution < 1.29 is 4.74 Å². The van der Waals surface area contributed by atoms with Crippen LogP contribution in [0.1, 0.15) is 43.7 Å². The number of methoxy groups -OCH3 is 1. The first-order chi connectivity index (χ1) is 10.4. The zero-order valence-electron chi connectivity index (χ0n) is 14.0. The van der Waals surface area contributed by atoms with Gasteiger partial charge in [-0.05, 0) is 36.5 Å². The zero-order chi connectivity index (χ0) is 14.5. The van der Waals surface area contributed by atoms with Gasteiger partial charge >= 0.3 is 0 Å². The molecule has 3 rings (SSSR count). The van der Waals surface area contributed by atoms with E-state index >= 15 is 0 Å². The molecule has 2 aliphatic rings. The average Bonchev–Trinajstić information content (AvgIpc) is 2.57. The Morgan fingerprint density at radius 2 is 1.78 bits per heavy atom. The van der Waals surface area contributed by atoms with E-state index in [0.717, 1.165) is 24.8 Å². The first-order valence-corrected chi connectivity index (χ1v) is 8.47. The van der Waals surface area contributed by atoms with Crippen molar-refractivity contribution in [1.82, 2.24) is 10.2 Å². The van der Waals surface area contributed by atoms with E-state index in [4.69, 9.17) is 4.74 Å². The van der Waals surface area contributed by atoms with Crippen LogP contribution in [0.5, 0.6) is 5.75 Å². The van der Waals surface area contributed by atoms with E-state index in [1.807, 2.05) is 0 Å². The number of hydrogen-bond donors (Lipinski definition) is 1. The highest BCUT2D eigenvalue weighted by molar-refractivity contribution is 5.85. The molecule has 1 saturated carbocycles. The SMILES string of the molecule is COc1cccc([C@H](C2CCCCC2)N2CCNCC2)c1.Cl.Cl. The number of halogens is 2. The minimum Gasteiger partial charge on any atom is -0.497 e. The van der Waals surface area contributed by atoms with Gasteiger partial charge in [-0.15, -0.1) is 24.8 Å². The van der Waals surface area contributed by atoms with Gasteiger partial charge in [0.1, 0.15) is 5.75 Å². The molecule has 132 valence electrons. The van der Waals surface area contributed by atoms with Crippen molar-refractivity contribution in [3.63, 3.8) is 0 Å². The molecule has 1 aliphatic heterocycles. The summed E-state index contributed by atoms with van der Waals surface area (Å²) >= 11 is 0. The maximum absolute atomic E-state index is 5.45. The largest absolute Gasteiger partial charge is 0.497 e. The van der Waals surface area contributed by atoms with E-state index in [-0.39, 0.29) is 24.8 Å². The summed E-state index contributed by atoms with van der Waals surface area (Å²) in [6.07, 6.45) is 6.98. The van der Waals surface area contributed by atoms with Crippen molar-refractivity contribution in [3.05, 3.63) is 29.8 Å². The van der Waals surface area contributed by atoms with Crippen LogP contribution in [0.4, 0.5) is 0 Å². The lowest BCUT2D eigenvalue weighted by Crippen LogP contribution is -2.47. The monoisotopic (exact) mass is 360 g/mol. The van der Waals surface area contributed by atoms with Crippen molar-refractivity contribution in [3.8, 4) is 5.75 Å². The summed E-state index contributed by atoms with van der Waals surface area (Å²) in [6, 6.07) is 9.32. The van der Waals surface area contributed by atoms with Gasteiger partial charge in [-0.25, -0.2) is 0 Å². The summed E-state index contributed by atoms with van der Waals surface area (Å²) in [6.45, 7) is 4.57. The molecule has 0 unspecified atom stereocenters. The van der Waals surface area contributed by atoms with Gasteiger partial charge in [-0.2, -0.15) is 0 Å². The molecule has 0 bridgehead atoms. The Morgan fingerprint density at radius 3 is 2.43 bits per heavy atom. The smallest absolute Gasteiger partial charge is 0.119 e. The molecule has 1 N–H and O–H groups in total. The summed E-state index contributed by atoms with van der Waals surface area (Å²) in [5.74, 6) is 1.80. The molecular formula is C18H30Cl2N2O. The summed E-state index contributed by atoms with van der Waals surface area (Å²) in [5, 5.41) is 3.48. The third-order valence-corrected chi connectivity index (χ3v) is 5.08. The normalized spacial score (nSPS) is 20.9. The van der Waals surface area contributed by atoms with Gasteiger partial charge in [0.15, 0.2) is 0 Å². The Balaban J connectivity index is 0.00000132. The minimum atomic E-state index is 0. The number of piperazine rings is 1. The number of nitrogens with one attached hydrogen (secondary N) is 1. The first-order valence-electron chi connectivity index (χ1n) is 8.47. The average molecular weight is 361 g/mol. The minimum absolute atomic E-state index is 0. The summed E-state index contributed by atoms with van der Waals surface area (Å²) in [4.78, 5) is 2.70. The van der Waals surface area contributed by atoms with E-state index < -0.39 is 0 Å². The molecular weight excluding hydrogens is 331 g/mol. The quantitative estimate of drug-likeness (QED) is 0.875. The zero-order valence-corrected chi connectivity index (χ0v) is 15.6. The Labute approximate surface area is 153 Å². The van der Waals surface area contributed by atoms with Crippen LogP contribution in [0, 0.1) is 5.92 Å². The Kier molecular flexibility index (Phi) is 9.30. The van der Waals surface area contributed by atoms with Crippen LogP contribution in [-0.4, -0.2) is 38.2 Å². The highest BCUT2D eigenvalue weighted by Crippen LogP contribution is 2.39. The van der Waals surface area contributed by atoms with Crippen LogP contribution < -0.4 is 10.1 Å². The third-order valence-electron chi connectivity index (χ3n) is 5.08. The molecule has 0 aromatic heterocycles. The van der Waals surface area contributed by atoms with Gasteiger partial charge in [-0.3, -0.25) is 4.90 Å². The van der Waals surface area contributed by atoms with Crippen molar-refractivity contribution >= 4 is 24.8 Å². The predicted molar refractivity (Wildman–Crippen MR) is 101 cm³/mol. The molecule has 1 atom stereocenters. The number of rotatable bonds is 4. The molecule has 1 aliphatic carbocycles. The summed E-state index contributed by atoms with van der Waals surface area (Å²) in [5.41, 5.74) is 1.45. The number of nitrogens with zero attached hydrogens (tertiary/aromatic N) is 1. The molecule has 3 nitrogen and oxygen atoms in total. The maximum atomic E-state index is 5.45. The van der Waals surface area contributed by atoms with E-state index in [1.54, 1.807) is 7.11 Å². The van der Waals surface area contributed by atoms with Crippen LogP contribution >= 0.6 is 24.8 Å². The molecule has 1 saturated heterocycles. The van der Waals surface area contributed by atoms with Gasteiger partial charge in [0, 0.05) is 32.2 Å². The molecule has 23 heavy (non-hydrogen) atoms. The van der Waals surface area contributed by atoms with Crippen LogP contribution in [-0.2, 0) is 0 Å². The number of benzene rings is 1. The van der Waals surface area contributed by atoms with Gasteiger partial charge in [0.05, 0.1) is 7.11 Å². The van der Waals surface area contributed by atoms with Gasteiger partial charge in [0.2, 0.25) is 0 Å². The first kappa shape index (κ1) is 20.6. The van der Waals surface area contributed by atoms with Crippen molar-refractivity contribution in [2.75, 3.05) is 33.3 Å². The lowest BCUT2D eigenvalue weighted by atomic mass is 9.80. The van der Waals surface area contributed by atoms with Crippen LogP contribution in [0.15, 0.2) is 24.3 Å².